The summed E-state index contributed by atoms with van der Waals surface area (Å²) in [5, 5.41) is 10.8. The molecule has 1 saturated carbocycles. The third kappa shape index (κ3) is 4.19. The first-order chi connectivity index (χ1) is 15.2. The van der Waals surface area contributed by atoms with Crippen molar-refractivity contribution in [1.29, 1.82) is 0 Å². The molecular weight excluding hydrogens is 390 g/mol. The minimum absolute atomic E-state index is 0.0117. The summed E-state index contributed by atoms with van der Waals surface area (Å²) >= 11 is 0. The molecule has 4 aromatic rings. The van der Waals surface area contributed by atoms with Gasteiger partial charge in [-0.05, 0) is 36.1 Å². The Kier molecular flexibility index (Phi) is 4.96. The van der Waals surface area contributed by atoms with Crippen LogP contribution in [-0.2, 0) is 4.79 Å². The van der Waals surface area contributed by atoms with Crippen molar-refractivity contribution < 1.29 is 14.3 Å². The van der Waals surface area contributed by atoms with E-state index in [9.17, 15) is 9.59 Å². The molecule has 0 atom stereocenters. The number of fused-ring (bicyclic) bond motifs is 1. The summed E-state index contributed by atoms with van der Waals surface area (Å²) < 4.78 is 5.70. The van der Waals surface area contributed by atoms with Gasteiger partial charge in [0.2, 0.25) is 5.91 Å². The van der Waals surface area contributed by atoms with Crippen LogP contribution in [0.2, 0.25) is 0 Å². The molecular formula is C25H21N3O3. The van der Waals surface area contributed by atoms with Crippen LogP contribution in [0.1, 0.15) is 23.2 Å². The Labute approximate surface area is 179 Å². The van der Waals surface area contributed by atoms with Crippen molar-refractivity contribution in [3.05, 3.63) is 78.4 Å². The Balaban J connectivity index is 1.23. The highest BCUT2D eigenvalue weighted by atomic mass is 16.5. The predicted molar refractivity (Wildman–Crippen MR) is 119 cm³/mol. The number of Topliss-reactive ketones (excluding diaryl/α,β-unsaturated/α-hetero) is 1. The molecule has 3 aromatic carbocycles. The summed E-state index contributed by atoms with van der Waals surface area (Å²) in [4.78, 5) is 24.5. The number of H-pyrrole nitrogens is 1. The van der Waals surface area contributed by atoms with E-state index in [1.807, 2.05) is 60.7 Å². The van der Waals surface area contributed by atoms with Crippen LogP contribution >= 0.6 is 0 Å². The zero-order chi connectivity index (χ0) is 21.2. The van der Waals surface area contributed by atoms with Crippen LogP contribution in [0.4, 0.5) is 5.82 Å². The van der Waals surface area contributed by atoms with E-state index in [2.05, 4.69) is 15.5 Å². The van der Waals surface area contributed by atoms with Crippen molar-refractivity contribution in [2.24, 2.45) is 5.92 Å². The second kappa shape index (κ2) is 8.07. The Morgan fingerprint density at radius 2 is 1.71 bits per heavy atom. The lowest BCUT2D eigenvalue weighted by Gasteiger charge is -2.07. The highest BCUT2D eigenvalue weighted by molar-refractivity contribution is 6.01. The Morgan fingerprint density at radius 1 is 0.968 bits per heavy atom. The number of amides is 1. The minimum atomic E-state index is -0.0956. The smallest absolute Gasteiger partial charge is 0.228 e. The van der Waals surface area contributed by atoms with E-state index in [1.54, 1.807) is 12.1 Å². The molecule has 1 amide bonds. The molecule has 31 heavy (non-hydrogen) atoms. The standard InChI is InChI=1S/C25H21N3O3/c29-23(18-8-6-17(7-9-18)16-4-2-1-3-5-16)15-31-20-12-13-21-22(14-20)27-28-24(21)26-25(30)19-10-11-19/h1-9,12-14,19H,10-11,15H2,(H2,26,27,28,30). The molecule has 1 aromatic heterocycles. The molecule has 5 rings (SSSR count). The van der Waals surface area contributed by atoms with Gasteiger partial charge in [0.25, 0.3) is 0 Å². The molecule has 6 nitrogen and oxygen atoms in total. The number of nitrogens with one attached hydrogen (secondary N) is 2. The number of hydrogen-bond acceptors (Lipinski definition) is 4. The molecule has 0 spiro atoms. The van der Waals surface area contributed by atoms with Gasteiger partial charge in [-0.2, -0.15) is 5.10 Å². The van der Waals surface area contributed by atoms with Gasteiger partial charge in [-0.1, -0.05) is 54.6 Å². The largest absolute Gasteiger partial charge is 0.485 e. The summed E-state index contributed by atoms with van der Waals surface area (Å²) in [6, 6.07) is 22.9. The van der Waals surface area contributed by atoms with Crippen molar-refractivity contribution in [2.75, 3.05) is 11.9 Å². The van der Waals surface area contributed by atoms with Crippen LogP contribution in [0, 0.1) is 5.92 Å². The molecule has 0 aliphatic heterocycles. The second-order valence-electron chi connectivity index (χ2n) is 7.70. The van der Waals surface area contributed by atoms with E-state index in [-0.39, 0.29) is 24.2 Å². The van der Waals surface area contributed by atoms with Crippen molar-refractivity contribution in [1.82, 2.24) is 10.2 Å². The van der Waals surface area contributed by atoms with Crippen LogP contribution in [-0.4, -0.2) is 28.5 Å². The molecule has 1 aliphatic carbocycles. The highest BCUT2D eigenvalue weighted by Crippen LogP contribution is 2.31. The zero-order valence-corrected chi connectivity index (χ0v) is 16.8. The van der Waals surface area contributed by atoms with Crippen LogP contribution in [0.5, 0.6) is 5.75 Å². The molecule has 0 saturated heterocycles. The average molecular weight is 411 g/mol. The lowest BCUT2D eigenvalue weighted by molar-refractivity contribution is -0.117. The normalized spacial score (nSPS) is 13.2. The van der Waals surface area contributed by atoms with E-state index in [1.165, 1.54) is 0 Å². The molecule has 0 unspecified atom stereocenters. The summed E-state index contributed by atoms with van der Waals surface area (Å²) in [6.07, 6.45) is 1.88. The molecule has 1 heterocycles. The fraction of sp³-hybridized carbons (Fsp3) is 0.160. The molecule has 0 radical (unpaired) electrons. The van der Waals surface area contributed by atoms with Crippen molar-refractivity contribution in [3.8, 4) is 16.9 Å². The van der Waals surface area contributed by atoms with Crippen LogP contribution in [0.15, 0.2) is 72.8 Å². The zero-order valence-electron chi connectivity index (χ0n) is 16.8. The van der Waals surface area contributed by atoms with Crippen LogP contribution < -0.4 is 10.1 Å². The molecule has 6 heteroatoms. The van der Waals surface area contributed by atoms with Gasteiger partial charge < -0.3 is 10.1 Å². The summed E-state index contributed by atoms with van der Waals surface area (Å²) in [7, 11) is 0. The number of ether oxygens (including phenoxy) is 1. The van der Waals surface area contributed by atoms with Gasteiger partial charge in [-0.3, -0.25) is 14.7 Å². The van der Waals surface area contributed by atoms with Gasteiger partial charge in [-0.25, -0.2) is 0 Å². The summed E-state index contributed by atoms with van der Waals surface area (Å²) in [5.41, 5.74) is 3.52. The van der Waals surface area contributed by atoms with Gasteiger partial charge in [0.15, 0.2) is 18.2 Å². The van der Waals surface area contributed by atoms with Crippen molar-refractivity contribution >= 4 is 28.4 Å². The molecule has 2 N–H and O–H groups in total. The molecule has 0 bridgehead atoms. The third-order valence-electron chi connectivity index (χ3n) is 5.41. The Hall–Kier alpha value is -3.93. The molecule has 1 aliphatic rings. The van der Waals surface area contributed by atoms with Gasteiger partial charge in [-0.15, -0.1) is 0 Å². The van der Waals surface area contributed by atoms with Gasteiger partial charge in [0.1, 0.15) is 5.75 Å². The Bertz CT molecular complexity index is 1240. The van der Waals surface area contributed by atoms with Crippen molar-refractivity contribution in [3.63, 3.8) is 0 Å². The van der Waals surface area contributed by atoms with E-state index in [0.717, 1.165) is 34.9 Å². The second-order valence-corrected chi connectivity index (χ2v) is 7.70. The summed E-state index contributed by atoms with van der Waals surface area (Å²) in [6.45, 7) is -0.0599. The maximum absolute atomic E-state index is 12.5. The van der Waals surface area contributed by atoms with E-state index < -0.39 is 0 Å². The van der Waals surface area contributed by atoms with E-state index in [0.29, 0.717) is 17.1 Å². The number of carbonyl (C=O) groups is 2. The maximum atomic E-state index is 12.5. The summed E-state index contributed by atoms with van der Waals surface area (Å²) in [5.74, 6) is 1.11. The maximum Gasteiger partial charge on any atom is 0.228 e. The number of hydrogen-bond donors (Lipinski definition) is 2. The fourth-order valence-electron chi connectivity index (χ4n) is 3.46. The van der Waals surface area contributed by atoms with Crippen molar-refractivity contribution in [2.45, 2.75) is 12.8 Å². The first-order valence-electron chi connectivity index (χ1n) is 10.3. The lowest BCUT2D eigenvalue weighted by Crippen LogP contribution is -2.13. The third-order valence-corrected chi connectivity index (χ3v) is 5.41. The number of carbonyl (C=O) groups excluding carboxylic acids is 2. The quantitative estimate of drug-likeness (QED) is 0.426. The first kappa shape index (κ1) is 19.1. The first-order valence-corrected chi connectivity index (χ1v) is 10.3. The van der Waals surface area contributed by atoms with Crippen LogP contribution in [0.25, 0.3) is 22.0 Å². The topological polar surface area (TPSA) is 84.1 Å². The average Bonchev–Trinajstić information content (AvgIpc) is 3.60. The molecule has 1 fully saturated rings. The monoisotopic (exact) mass is 411 g/mol. The number of ketones is 1. The number of benzene rings is 3. The van der Waals surface area contributed by atoms with E-state index in [4.69, 9.17) is 4.74 Å². The number of anilines is 1. The minimum Gasteiger partial charge on any atom is -0.485 e. The number of aromatic nitrogens is 2. The fourth-order valence-corrected chi connectivity index (χ4v) is 3.46. The van der Waals surface area contributed by atoms with E-state index >= 15 is 0 Å². The van der Waals surface area contributed by atoms with Gasteiger partial charge in [0.05, 0.1) is 5.52 Å². The van der Waals surface area contributed by atoms with Gasteiger partial charge >= 0.3 is 0 Å². The highest BCUT2D eigenvalue weighted by Gasteiger charge is 2.30. The SMILES string of the molecule is O=C(COc1ccc2c(NC(=O)C3CC3)n[nH]c2c1)c1ccc(-c2ccccc2)cc1. The van der Waals surface area contributed by atoms with Crippen LogP contribution in [0.3, 0.4) is 0 Å². The molecule has 154 valence electrons. The number of nitrogens with zero attached hydrogens (tertiary/aromatic N) is 1. The Morgan fingerprint density at radius 3 is 2.45 bits per heavy atom. The number of aromatic amines is 1. The van der Waals surface area contributed by atoms with Gasteiger partial charge in [0, 0.05) is 22.9 Å². The number of rotatable bonds is 7. The lowest BCUT2D eigenvalue weighted by atomic mass is 10.0. The predicted octanol–water partition coefficient (Wildman–Crippen LogP) is 4.84.